The van der Waals surface area contributed by atoms with E-state index in [1.807, 2.05) is 32.0 Å². The third-order valence-corrected chi connectivity index (χ3v) is 3.98. The number of benzene rings is 1. The highest BCUT2D eigenvalue weighted by Gasteiger charge is 2.50. The van der Waals surface area contributed by atoms with Crippen LogP contribution in [0.3, 0.4) is 0 Å². The second kappa shape index (κ2) is 4.64. The molecule has 19 heavy (non-hydrogen) atoms. The summed E-state index contributed by atoms with van der Waals surface area (Å²) in [5.41, 5.74) is 0.433. The van der Waals surface area contributed by atoms with Gasteiger partial charge in [-0.15, -0.1) is 0 Å². The molecule has 0 spiro atoms. The summed E-state index contributed by atoms with van der Waals surface area (Å²) in [5.74, 6) is -0.144. The van der Waals surface area contributed by atoms with Crippen molar-refractivity contribution >= 4 is 5.97 Å². The van der Waals surface area contributed by atoms with Gasteiger partial charge in [0.05, 0.1) is 5.54 Å². The van der Waals surface area contributed by atoms with Crippen LogP contribution in [0.1, 0.15) is 46.2 Å². The van der Waals surface area contributed by atoms with Crippen molar-refractivity contribution < 1.29 is 9.53 Å². The standard InChI is InChI=1S/C16H23NO2/c1-12(13-9-7-6-8-10-13)17-15(2,3)11-19-14(18)16(17,4)5/h6-10,12H,11H2,1-5H3. The Hall–Kier alpha value is -1.35. The molecule has 104 valence electrons. The van der Waals surface area contributed by atoms with E-state index in [1.165, 1.54) is 5.56 Å². The van der Waals surface area contributed by atoms with Gasteiger partial charge in [-0.1, -0.05) is 30.3 Å². The fraction of sp³-hybridized carbons (Fsp3) is 0.562. The number of rotatable bonds is 2. The summed E-state index contributed by atoms with van der Waals surface area (Å²) < 4.78 is 5.34. The molecule has 3 heteroatoms. The van der Waals surface area contributed by atoms with Gasteiger partial charge in [-0.05, 0) is 40.2 Å². The van der Waals surface area contributed by atoms with Crippen molar-refractivity contribution in [3.8, 4) is 0 Å². The van der Waals surface area contributed by atoms with Crippen LogP contribution in [-0.4, -0.2) is 28.6 Å². The summed E-state index contributed by atoms with van der Waals surface area (Å²) in [7, 11) is 0. The quantitative estimate of drug-likeness (QED) is 0.766. The van der Waals surface area contributed by atoms with E-state index in [0.717, 1.165) is 0 Å². The highest BCUT2D eigenvalue weighted by atomic mass is 16.5. The maximum absolute atomic E-state index is 12.1. The molecule has 1 aliphatic heterocycles. The summed E-state index contributed by atoms with van der Waals surface area (Å²) in [4.78, 5) is 14.4. The monoisotopic (exact) mass is 261 g/mol. The molecule has 0 N–H and O–H groups in total. The number of carbonyl (C=O) groups excluding carboxylic acids is 1. The zero-order valence-electron chi connectivity index (χ0n) is 12.4. The third-order valence-electron chi connectivity index (χ3n) is 3.98. The molecule has 1 saturated heterocycles. The van der Waals surface area contributed by atoms with E-state index in [9.17, 15) is 4.79 Å². The van der Waals surface area contributed by atoms with Gasteiger partial charge in [-0.2, -0.15) is 0 Å². The van der Waals surface area contributed by atoms with Gasteiger partial charge in [-0.3, -0.25) is 9.69 Å². The largest absolute Gasteiger partial charge is 0.462 e. The van der Waals surface area contributed by atoms with Crippen molar-refractivity contribution in [3.63, 3.8) is 0 Å². The molecule has 1 aromatic carbocycles. The first-order valence-electron chi connectivity index (χ1n) is 6.78. The molecular formula is C16H23NO2. The molecule has 1 aliphatic rings. The molecule has 1 aromatic rings. The van der Waals surface area contributed by atoms with Crippen molar-refractivity contribution in [2.45, 2.75) is 51.7 Å². The minimum absolute atomic E-state index is 0.144. The average molecular weight is 261 g/mol. The first-order valence-corrected chi connectivity index (χ1v) is 6.78. The van der Waals surface area contributed by atoms with Crippen molar-refractivity contribution in [2.24, 2.45) is 0 Å². The Kier molecular flexibility index (Phi) is 3.43. The van der Waals surface area contributed by atoms with Crippen LogP contribution in [0.5, 0.6) is 0 Å². The second-order valence-corrected chi connectivity index (χ2v) is 6.40. The summed E-state index contributed by atoms with van der Waals surface area (Å²) in [6, 6.07) is 10.5. The number of ether oxygens (including phenoxy) is 1. The van der Waals surface area contributed by atoms with Crippen LogP contribution >= 0.6 is 0 Å². The van der Waals surface area contributed by atoms with E-state index in [-0.39, 0.29) is 17.6 Å². The first kappa shape index (κ1) is 14.1. The van der Waals surface area contributed by atoms with Crippen molar-refractivity contribution in [3.05, 3.63) is 35.9 Å². The normalized spacial score (nSPS) is 23.7. The maximum atomic E-state index is 12.1. The van der Waals surface area contributed by atoms with Crippen LogP contribution < -0.4 is 0 Å². The number of morpholine rings is 1. The minimum atomic E-state index is -0.614. The Bertz CT molecular complexity index is 465. The third kappa shape index (κ3) is 2.39. The SMILES string of the molecule is CC(c1ccccc1)N1C(C)(C)COC(=O)C1(C)C. The molecule has 1 heterocycles. The van der Waals surface area contributed by atoms with Gasteiger partial charge in [0.2, 0.25) is 0 Å². The van der Waals surface area contributed by atoms with Crippen LogP contribution in [0.2, 0.25) is 0 Å². The number of carbonyl (C=O) groups is 1. The van der Waals surface area contributed by atoms with E-state index in [4.69, 9.17) is 4.74 Å². The van der Waals surface area contributed by atoms with E-state index >= 15 is 0 Å². The van der Waals surface area contributed by atoms with Gasteiger partial charge in [-0.25, -0.2) is 0 Å². The fourth-order valence-electron chi connectivity index (χ4n) is 3.23. The number of hydrogen-bond donors (Lipinski definition) is 0. The lowest BCUT2D eigenvalue weighted by atomic mass is 9.87. The summed E-state index contributed by atoms with van der Waals surface area (Å²) in [6.45, 7) is 10.7. The molecular weight excluding hydrogens is 238 g/mol. The summed E-state index contributed by atoms with van der Waals surface area (Å²) in [5, 5.41) is 0. The average Bonchev–Trinajstić information content (AvgIpc) is 2.35. The molecule has 0 saturated carbocycles. The molecule has 0 bridgehead atoms. The molecule has 1 fully saturated rings. The molecule has 1 atom stereocenters. The van der Waals surface area contributed by atoms with Crippen LogP contribution in [0.4, 0.5) is 0 Å². The van der Waals surface area contributed by atoms with Crippen molar-refractivity contribution in [1.29, 1.82) is 0 Å². The van der Waals surface area contributed by atoms with E-state index in [0.29, 0.717) is 6.61 Å². The van der Waals surface area contributed by atoms with Gasteiger partial charge >= 0.3 is 5.97 Å². The number of nitrogens with zero attached hydrogens (tertiary/aromatic N) is 1. The zero-order valence-corrected chi connectivity index (χ0v) is 12.4. The molecule has 2 rings (SSSR count). The lowest BCUT2D eigenvalue weighted by molar-refractivity contribution is -0.186. The Morgan fingerprint density at radius 2 is 1.74 bits per heavy atom. The molecule has 0 aliphatic carbocycles. The van der Waals surface area contributed by atoms with Crippen LogP contribution in [0.15, 0.2) is 30.3 Å². The van der Waals surface area contributed by atoms with Crippen LogP contribution in [-0.2, 0) is 9.53 Å². The number of hydrogen-bond acceptors (Lipinski definition) is 3. The number of cyclic esters (lactones) is 1. The molecule has 0 amide bonds. The van der Waals surface area contributed by atoms with Gasteiger partial charge in [0.1, 0.15) is 12.1 Å². The van der Waals surface area contributed by atoms with Crippen molar-refractivity contribution in [1.82, 2.24) is 4.90 Å². The van der Waals surface area contributed by atoms with E-state index in [2.05, 4.69) is 37.8 Å². The summed E-state index contributed by atoms with van der Waals surface area (Å²) >= 11 is 0. The van der Waals surface area contributed by atoms with Gasteiger partial charge in [0.25, 0.3) is 0 Å². The summed E-state index contributed by atoms with van der Waals surface area (Å²) in [6.07, 6.45) is 0. The predicted molar refractivity (Wildman–Crippen MR) is 75.8 cm³/mol. The Balaban J connectivity index is 2.41. The Labute approximate surface area is 115 Å². The number of esters is 1. The molecule has 0 aromatic heterocycles. The molecule has 3 nitrogen and oxygen atoms in total. The topological polar surface area (TPSA) is 29.5 Å². The minimum Gasteiger partial charge on any atom is -0.462 e. The maximum Gasteiger partial charge on any atom is 0.326 e. The first-order chi connectivity index (χ1) is 8.77. The van der Waals surface area contributed by atoms with Crippen molar-refractivity contribution in [2.75, 3.05) is 6.61 Å². The van der Waals surface area contributed by atoms with Crippen LogP contribution in [0.25, 0.3) is 0 Å². The van der Waals surface area contributed by atoms with Crippen LogP contribution in [0, 0.1) is 0 Å². The van der Waals surface area contributed by atoms with Gasteiger partial charge in [0.15, 0.2) is 0 Å². The zero-order chi connectivity index (χ0) is 14.3. The Morgan fingerprint density at radius 1 is 1.16 bits per heavy atom. The molecule has 0 radical (unpaired) electrons. The fourth-order valence-corrected chi connectivity index (χ4v) is 3.23. The van der Waals surface area contributed by atoms with Gasteiger partial charge < -0.3 is 4.74 Å². The lowest BCUT2D eigenvalue weighted by Gasteiger charge is -2.53. The van der Waals surface area contributed by atoms with E-state index in [1.54, 1.807) is 0 Å². The highest BCUT2D eigenvalue weighted by Crippen LogP contribution is 2.39. The smallest absolute Gasteiger partial charge is 0.326 e. The lowest BCUT2D eigenvalue weighted by Crippen LogP contribution is -2.66. The molecule has 1 unspecified atom stereocenters. The van der Waals surface area contributed by atoms with Gasteiger partial charge in [0, 0.05) is 6.04 Å². The van der Waals surface area contributed by atoms with E-state index < -0.39 is 5.54 Å². The highest BCUT2D eigenvalue weighted by molar-refractivity contribution is 5.81. The second-order valence-electron chi connectivity index (χ2n) is 6.40. The Morgan fingerprint density at radius 3 is 2.32 bits per heavy atom. The predicted octanol–water partition coefficient (Wildman–Crippen LogP) is 3.16.